The zero-order valence-corrected chi connectivity index (χ0v) is 12.2. The zero-order chi connectivity index (χ0) is 13.1. The molecule has 2 aliphatic rings. The molecule has 0 amide bonds. The summed E-state index contributed by atoms with van der Waals surface area (Å²) in [5, 5.41) is 7.17. The SMILES string of the molecule is CC1(NCC(C)(C)N2CCNCC2)CCCOC1. The van der Waals surface area contributed by atoms with Gasteiger partial charge in [-0.25, -0.2) is 0 Å². The number of hydrogen-bond donors (Lipinski definition) is 2. The van der Waals surface area contributed by atoms with E-state index in [0.29, 0.717) is 0 Å². The van der Waals surface area contributed by atoms with Crippen LogP contribution in [0, 0.1) is 0 Å². The second-order valence-corrected chi connectivity index (χ2v) is 6.62. The summed E-state index contributed by atoms with van der Waals surface area (Å²) in [6.45, 7) is 14.3. The number of nitrogens with zero attached hydrogens (tertiary/aromatic N) is 1. The molecule has 2 heterocycles. The van der Waals surface area contributed by atoms with Crippen molar-refractivity contribution in [2.24, 2.45) is 0 Å². The molecule has 0 spiro atoms. The third-order valence-corrected chi connectivity index (χ3v) is 4.36. The van der Waals surface area contributed by atoms with Gasteiger partial charge in [0.1, 0.15) is 0 Å². The van der Waals surface area contributed by atoms with Crippen molar-refractivity contribution in [3.63, 3.8) is 0 Å². The second kappa shape index (κ2) is 5.87. The average Bonchev–Trinajstić information content (AvgIpc) is 2.39. The molecule has 2 N–H and O–H groups in total. The molecule has 4 nitrogen and oxygen atoms in total. The summed E-state index contributed by atoms with van der Waals surface area (Å²) < 4.78 is 5.61. The highest BCUT2D eigenvalue weighted by Gasteiger charge is 2.32. The first-order chi connectivity index (χ1) is 8.52. The number of piperazine rings is 1. The summed E-state index contributed by atoms with van der Waals surface area (Å²) in [5.74, 6) is 0. The van der Waals surface area contributed by atoms with Gasteiger partial charge in [0.05, 0.1) is 6.61 Å². The van der Waals surface area contributed by atoms with Crippen molar-refractivity contribution >= 4 is 0 Å². The van der Waals surface area contributed by atoms with Gasteiger partial charge >= 0.3 is 0 Å². The molecule has 4 heteroatoms. The highest BCUT2D eigenvalue weighted by molar-refractivity contribution is 4.92. The van der Waals surface area contributed by atoms with Crippen molar-refractivity contribution in [1.82, 2.24) is 15.5 Å². The van der Waals surface area contributed by atoms with Crippen LogP contribution in [0.15, 0.2) is 0 Å². The van der Waals surface area contributed by atoms with Gasteiger partial charge in [0.2, 0.25) is 0 Å². The van der Waals surface area contributed by atoms with Crippen LogP contribution in [0.4, 0.5) is 0 Å². The molecular formula is C14H29N3O. The summed E-state index contributed by atoms with van der Waals surface area (Å²) >= 11 is 0. The zero-order valence-electron chi connectivity index (χ0n) is 12.2. The van der Waals surface area contributed by atoms with Crippen LogP contribution in [0.25, 0.3) is 0 Å². The molecular weight excluding hydrogens is 226 g/mol. The molecule has 2 saturated heterocycles. The summed E-state index contributed by atoms with van der Waals surface area (Å²) in [5.41, 5.74) is 0.395. The summed E-state index contributed by atoms with van der Waals surface area (Å²) in [6.07, 6.45) is 2.40. The van der Waals surface area contributed by atoms with Crippen LogP contribution in [-0.4, -0.2) is 61.9 Å². The molecule has 0 aromatic carbocycles. The summed E-state index contributed by atoms with van der Waals surface area (Å²) in [6, 6.07) is 0. The quantitative estimate of drug-likeness (QED) is 0.780. The Morgan fingerprint density at radius 3 is 2.67 bits per heavy atom. The van der Waals surface area contributed by atoms with Gasteiger partial charge < -0.3 is 15.4 Å². The van der Waals surface area contributed by atoms with E-state index in [-0.39, 0.29) is 11.1 Å². The lowest BCUT2D eigenvalue weighted by molar-refractivity contribution is 0.0171. The fourth-order valence-electron chi connectivity index (χ4n) is 2.89. The Balaban J connectivity index is 1.83. The normalized spacial score (nSPS) is 31.5. The fraction of sp³-hybridized carbons (Fsp3) is 1.00. The van der Waals surface area contributed by atoms with Crippen LogP contribution in [0.1, 0.15) is 33.6 Å². The van der Waals surface area contributed by atoms with E-state index in [4.69, 9.17) is 4.74 Å². The third kappa shape index (κ3) is 3.67. The molecule has 0 saturated carbocycles. The Bertz CT molecular complexity index is 256. The van der Waals surface area contributed by atoms with Crippen LogP contribution >= 0.6 is 0 Å². The predicted molar refractivity (Wildman–Crippen MR) is 75.0 cm³/mol. The van der Waals surface area contributed by atoms with Gasteiger partial charge in [0.25, 0.3) is 0 Å². The molecule has 2 fully saturated rings. The van der Waals surface area contributed by atoms with Crippen LogP contribution in [-0.2, 0) is 4.74 Å². The maximum Gasteiger partial charge on any atom is 0.0645 e. The monoisotopic (exact) mass is 255 g/mol. The van der Waals surface area contributed by atoms with Gasteiger partial charge in [0, 0.05) is 50.4 Å². The minimum Gasteiger partial charge on any atom is -0.380 e. The third-order valence-electron chi connectivity index (χ3n) is 4.36. The molecule has 1 atom stereocenters. The minimum absolute atomic E-state index is 0.170. The van der Waals surface area contributed by atoms with E-state index in [9.17, 15) is 0 Å². The molecule has 0 aromatic rings. The lowest BCUT2D eigenvalue weighted by Crippen LogP contribution is -2.60. The lowest BCUT2D eigenvalue weighted by Gasteiger charge is -2.44. The van der Waals surface area contributed by atoms with Crippen molar-refractivity contribution in [2.45, 2.75) is 44.7 Å². The summed E-state index contributed by atoms with van der Waals surface area (Å²) in [4.78, 5) is 2.59. The van der Waals surface area contributed by atoms with Crippen molar-refractivity contribution in [2.75, 3.05) is 45.9 Å². The summed E-state index contributed by atoms with van der Waals surface area (Å²) in [7, 11) is 0. The molecule has 2 aliphatic heterocycles. The van der Waals surface area contributed by atoms with E-state index in [1.165, 1.54) is 12.8 Å². The molecule has 106 valence electrons. The number of nitrogens with one attached hydrogen (secondary N) is 2. The van der Waals surface area contributed by atoms with E-state index in [2.05, 4.69) is 36.3 Å². The minimum atomic E-state index is 0.170. The predicted octanol–water partition coefficient (Wildman–Crippen LogP) is 0.829. The number of ether oxygens (including phenoxy) is 1. The highest BCUT2D eigenvalue weighted by Crippen LogP contribution is 2.21. The molecule has 0 bridgehead atoms. The van der Waals surface area contributed by atoms with E-state index >= 15 is 0 Å². The Kier molecular flexibility index (Phi) is 4.64. The van der Waals surface area contributed by atoms with Gasteiger partial charge in [-0.15, -0.1) is 0 Å². The molecule has 0 aromatic heterocycles. The standard InChI is InChI=1S/C14H29N3O/c1-13(2,17-8-6-15-7-9-17)11-16-14(3)5-4-10-18-12-14/h15-16H,4-12H2,1-3H3. The van der Waals surface area contributed by atoms with Gasteiger partial charge in [-0.3, -0.25) is 4.90 Å². The Hall–Kier alpha value is -0.160. The van der Waals surface area contributed by atoms with Crippen molar-refractivity contribution in [1.29, 1.82) is 0 Å². The van der Waals surface area contributed by atoms with Gasteiger partial charge in [-0.2, -0.15) is 0 Å². The van der Waals surface area contributed by atoms with Crippen molar-refractivity contribution in [3.8, 4) is 0 Å². The van der Waals surface area contributed by atoms with Crippen LogP contribution in [0.2, 0.25) is 0 Å². The van der Waals surface area contributed by atoms with Crippen molar-refractivity contribution in [3.05, 3.63) is 0 Å². The Labute approximate surface area is 111 Å². The smallest absolute Gasteiger partial charge is 0.0645 e. The maximum absolute atomic E-state index is 5.61. The first-order valence-electron chi connectivity index (χ1n) is 7.30. The fourth-order valence-corrected chi connectivity index (χ4v) is 2.89. The largest absolute Gasteiger partial charge is 0.380 e. The van der Waals surface area contributed by atoms with Gasteiger partial charge in [-0.05, 0) is 33.6 Å². The van der Waals surface area contributed by atoms with E-state index in [0.717, 1.165) is 45.9 Å². The Morgan fingerprint density at radius 2 is 2.06 bits per heavy atom. The van der Waals surface area contributed by atoms with Crippen LogP contribution < -0.4 is 10.6 Å². The average molecular weight is 255 g/mol. The van der Waals surface area contributed by atoms with Gasteiger partial charge in [0.15, 0.2) is 0 Å². The molecule has 2 rings (SSSR count). The molecule has 0 radical (unpaired) electrons. The van der Waals surface area contributed by atoms with E-state index in [1.807, 2.05) is 0 Å². The second-order valence-electron chi connectivity index (χ2n) is 6.62. The lowest BCUT2D eigenvalue weighted by atomic mass is 9.92. The Morgan fingerprint density at radius 1 is 1.33 bits per heavy atom. The highest BCUT2D eigenvalue weighted by atomic mass is 16.5. The molecule has 1 unspecified atom stereocenters. The maximum atomic E-state index is 5.61. The van der Waals surface area contributed by atoms with Crippen LogP contribution in [0.3, 0.4) is 0 Å². The van der Waals surface area contributed by atoms with Gasteiger partial charge in [-0.1, -0.05) is 0 Å². The first-order valence-corrected chi connectivity index (χ1v) is 7.30. The number of hydrogen-bond acceptors (Lipinski definition) is 4. The molecule has 18 heavy (non-hydrogen) atoms. The topological polar surface area (TPSA) is 36.5 Å². The van der Waals surface area contributed by atoms with Crippen molar-refractivity contribution < 1.29 is 4.74 Å². The van der Waals surface area contributed by atoms with Crippen LogP contribution in [0.5, 0.6) is 0 Å². The van der Waals surface area contributed by atoms with E-state index in [1.54, 1.807) is 0 Å². The number of rotatable bonds is 4. The van der Waals surface area contributed by atoms with E-state index < -0.39 is 0 Å². The molecule has 0 aliphatic carbocycles. The first kappa shape index (κ1) is 14.3.